The third kappa shape index (κ3) is 4.47. The Morgan fingerprint density at radius 2 is 2.25 bits per heavy atom. The lowest BCUT2D eigenvalue weighted by Crippen LogP contribution is -2.32. The van der Waals surface area contributed by atoms with Crippen LogP contribution in [0.4, 0.5) is 0 Å². The first-order chi connectivity index (χ1) is 9.69. The maximum Gasteiger partial charge on any atom is 0.119 e. The van der Waals surface area contributed by atoms with Crippen molar-refractivity contribution in [3.8, 4) is 5.75 Å². The Morgan fingerprint density at radius 3 is 2.95 bits per heavy atom. The lowest BCUT2D eigenvalue weighted by molar-refractivity contribution is 0.242. The van der Waals surface area contributed by atoms with E-state index in [1.54, 1.807) is 0 Å². The number of likely N-dealkylation sites (tertiary alicyclic amines) is 1. The van der Waals surface area contributed by atoms with Crippen LogP contribution in [0, 0.1) is 0 Å². The Kier molecular flexibility index (Phi) is 5.83. The Morgan fingerprint density at radius 1 is 1.40 bits per heavy atom. The number of rotatable bonds is 7. The average molecular weight is 277 g/mol. The van der Waals surface area contributed by atoms with Gasteiger partial charge in [0, 0.05) is 25.7 Å². The Balaban J connectivity index is 1.64. The molecular formula is C16H27N3O. The molecule has 0 radical (unpaired) electrons. The highest BCUT2D eigenvalue weighted by atomic mass is 16.5. The van der Waals surface area contributed by atoms with Crippen molar-refractivity contribution in [3.05, 3.63) is 29.8 Å². The van der Waals surface area contributed by atoms with Crippen LogP contribution in [0.3, 0.4) is 0 Å². The van der Waals surface area contributed by atoms with E-state index in [4.69, 9.17) is 10.5 Å². The van der Waals surface area contributed by atoms with E-state index in [9.17, 15) is 0 Å². The van der Waals surface area contributed by atoms with Gasteiger partial charge in [0.15, 0.2) is 0 Å². The van der Waals surface area contributed by atoms with E-state index in [-0.39, 0.29) is 0 Å². The van der Waals surface area contributed by atoms with Gasteiger partial charge in [-0.3, -0.25) is 0 Å². The number of nitrogens with two attached hydrogens (primary N) is 1. The van der Waals surface area contributed by atoms with E-state index >= 15 is 0 Å². The number of ether oxygens (including phenoxy) is 1. The summed E-state index contributed by atoms with van der Waals surface area (Å²) < 4.78 is 5.79. The van der Waals surface area contributed by atoms with Crippen molar-refractivity contribution in [2.45, 2.75) is 25.4 Å². The summed E-state index contributed by atoms with van der Waals surface area (Å²) >= 11 is 0. The lowest BCUT2D eigenvalue weighted by Gasteiger charge is -2.20. The molecule has 1 aliphatic heterocycles. The predicted octanol–water partition coefficient (Wildman–Crippen LogP) is 1.55. The second-order valence-corrected chi connectivity index (χ2v) is 5.76. The minimum atomic E-state index is 0.566. The van der Waals surface area contributed by atoms with Gasteiger partial charge in [0.05, 0.1) is 6.61 Å². The third-order valence-corrected chi connectivity index (χ3v) is 4.00. The van der Waals surface area contributed by atoms with Crippen LogP contribution >= 0.6 is 0 Å². The van der Waals surface area contributed by atoms with Crippen LogP contribution in [0.5, 0.6) is 5.75 Å². The summed E-state index contributed by atoms with van der Waals surface area (Å²) in [4.78, 5) is 4.86. The molecule has 4 heteroatoms. The van der Waals surface area contributed by atoms with Gasteiger partial charge in [0.25, 0.3) is 0 Å². The smallest absolute Gasteiger partial charge is 0.119 e. The Bertz CT molecular complexity index is 408. The Labute approximate surface area is 122 Å². The molecule has 1 unspecified atom stereocenters. The van der Waals surface area contributed by atoms with Gasteiger partial charge in [-0.25, -0.2) is 0 Å². The summed E-state index contributed by atoms with van der Waals surface area (Å²) in [7, 11) is 4.34. The van der Waals surface area contributed by atoms with Gasteiger partial charge < -0.3 is 20.3 Å². The molecule has 1 aromatic rings. The first-order valence-electron chi connectivity index (χ1n) is 7.49. The van der Waals surface area contributed by atoms with Crippen LogP contribution in [-0.4, -0.2) is 56.2 Å². The molecule has 1 aromatic carbocycles. The van der Waals surface area contributed by atoms with Gasteiger partial charge in [0.1, 0.15) is 5.75 Å². The minimum absolute atomic E-state index is 0.566. The molecule has 1 saturated heterocycles. The quantitative estimate of drug-likeness (QED) is 0.768. The van der Waals surface area contributed by atoms with Crippen molar-refractivity contribution < 1.29 is 4.74 Å². The molecule has 112 valence electrons. The molecule has 2 N–H and O–H groups in total. The molecule has 4 nitrogen and oxygen atoms in total. The minimum Gasteiger partial charge on any atom is -0.494 e. The van der Waals surface area contributed by atoms with Gasteiger partial charge in [-0.1, -0.05) is 12.1 Å². The zero-order valence-electron chi connectivity index (χ0n) is 12.7. The van der Waals surface area contributed by atoms with Crippen molar-refractivity contribution in [1.82, 2.24) is 9.80 Å². The summed E-state index contributed by atoms with van der Waals surface area (Å²) in [6.45, 7) is 4.87. The highest BCUT2D eigenvalue weighted by molar-refractivity contribution is 5.28. The van der Waals surface area contributed by atoms with E-state index in [1.165, 1.54) is 19.5 Å². The molecule has 0 amide bonds. The van der Waals surface area contributed by atoms with Crippen LogP contribution in [-0.2, 0) is 6.54 Å². The van der Waals surface area contributed by atoms with Gasteiger partial charge in [0.2, 0.25) is 0 Å². The van der Waals surface area contributed by atoms with Crippen molar-refractivity contribution in [2.24, 2.45) is 5.73 Å². The molecule has 0 saturated carbocycles. The van der Waals surface area contributed by atoms with Gasteiger partial charge >= 0.3 is 0 Å². The molecule has 2 rings (SSSR count). The van der Waals surface area contributed by atoms with E-state index in [1.807, 2.05) is 24.3 Å². The summed E-state index contributed by atoms with van der Waals surface area (Å²) in [6, 6.07) is 8.77. The number of nitrogens with zero attached hydrogens (tertiary/aromatic N) is 2. The van der Waals surface area contributed by atoms with Crippen molar-refractivity contribution in [3.63, 3.8) is 0 Å². The molecule has 0 spiro atoms. The fraction of sp³-hybridized carbons (Fsp3) is 0.625. The van der Waals surface area contributed by atoms with E-state index in [0.717, 1.165) is 36.9 Å². The first kappa shape index (κ1) is 15.3. The average Bonchev–Trinajstić information content (AvgIpc) is 2.93. The molecule has 1 heterocycles. The molecule has 20 heavy (non-hydrogen) atoms. The zero-order valence-corrected chi connectivity index (χ0v) is 12.7. The normalized spacial score (nSPS) is 19.7. The van der Waals surface area contributed by atoms with Crippen molar-refractivity contribution in [2.75, 3.05) is 40.3 Å². The monoisotopic (exact) mass is 277 g/mol. The highest BCUT2D eigenvalue weighted by Crippen LogP contribution is 2.15. The molecule has 1 fully saturated rings. The standard InChI is InChI=1S/C16H27N3O/c1-18(2)15-7-9-19(13-15)8-4-10-20-16-6-3-5-14(11-16)12-17/h3,5-6,11,15H,4,7-10,12-13,17H2,1-2H3. The second-order valence-electron chi connectivity index (χ2n) is 5.76. The van der Waals surface area contributed by atoms with E-state index in [0.29, 0.717) is 6.54 Å². The lowest BCUT2D eigenvalue weighted by atomic mass is 10.2. The highest BCUT2D eigenvalue weighted by Gasteiger charge is 2.23. The maximum atomic E-state index is 5.79. The fourth-order valence-corrected chi connectivity index (χ4v) is 2.68. The number of benzene rings is 1. The summed E-state index contributed by atoms with van der Waals surface area (Å²) in [5, 5.41) is 0. The summed E-state index contributed by atoms with van der Waals surface area (Å²) in [5.41, 5.74) is 6.75. The SMILES string of the molecule is CN(C)C1CCN(CCCOc2cccc(CN)c2)C1. The second kappa shape index (κ2) is 7.62. The largest absolute Gasteiger partial charge is 0.494 e. The third-order valence-electron chi connectivity index (χ3n) is 4.00. The molecular weight excluding hydrogens is 250 g/mol. The topological polar surface area (TPSA) is 41.7 Å². The molecule has 1 atom stereocenters. The number of hydrogen-bond acceptors (Lipinski definition) is 4. The number of hydrogen-bond donors (Lipinski definition) is 1. The fourth-order valence-electron chi connectivity index (χ4n) is 2.68. The predicted molar refractivity (Wildman–Crippen MR) is 83.0 cm³/mol. The van der Waals surface area contributed by atoms with E-state index < -0.39 is 0 Å². The molecule has 0 bridgehead atoms. The van der Waals surface area contributed by atoms with Crippen LogP contribution in [0.25, 0.3) is 0 Å². The number of likely N-dealkylation sites (N-methyl/N-ethyl adjacent to an activating group) is 1. The Hall–Kier alpha value is -1.10. The van der Waals surface area contributed by atoms with Gasteiger partial charge in [-0.15, -0.1) is 0 Å². The van der Waals surface area contributed by atoms with Crippen molar-refractivity contribution in [1.29, 1.82) is 0 Å². The zero-order chi connectivity index (χ0) is 14.4. The van der Waals surface area contributed by atoms with Crippen LogP contribution < -0.4 is 10.5 Å². The van der Waals surface area contributed by atoms with Gasteiger partial charge in [-0.2, -0.15) is 0 Å². The van der Waals surface area contributed by atoms with Crippen LogP contribution in [0.1, 0.15) is 18.4 Å². The molecule has 1 aliphatic rings. The molecule has 0 aromatic heterocycles. The first-order valence-corrected chi connectivity index (χ1v) is 7.49. The van der Waals surface area contributed by atoms with Gasteiger partial charge in [-0.05, 0) is 51.2 Å². The summed E-state index contributed by atoms with van der Waals surface area (Å²) in [6.07, 6.45) is 2.36. The van der Waals surface area contributed by atoms with Crippen LogP contribution in [0.2, 0.25) is 0 Å². The van der Waals surface area contributed by atoms with Crippen LogP contribution in [0.15, 0.2) is 24.3 Å². The maximum absolute atomic E-state index is 5.79. The van der Waals surface area contributed by atoms with Crippen molar-refractivity contribution >= 4 is 0 Å². The molecule has 0 aliphatic carbocycles. The summed E-state index contributed by atoms with van der Waals surface area (Å²) in [5.74, 6) is 0.931. The van der Waals surface area contributed by atoms with E-state index in [2.05, 4.69) is 23.9 Å².